The number of ether oxygens (including phenoxy) is 1. The van der Waals surface area contributed by atoms with Gasteiger partial charge < -0.3 is 9.30 Å². The summed E-state index contributed by atoms with van der Waals surface area (Å²) >= 11 is 0. The molecule has 0 atom stereocenters. The van der Waals surface area contributed by atoms with Gasteiger partial charge in [-0.05, 0) is 17.7 Å². The van der Waals surface area contributed by atoms with E-state index in [1.165, 1.54) is 13.3 Å². The van der Waals surface area contributed by atoms with Gasteiger partial charge in [-0.3, -0.25) is 0 Å². The van der Waals surface area contributed by atoms with E-state index in [-0.39, 0.29) is 0 Å². The molecule has 0 radical (unpaired) electrons. The topological polar surface area (TPSA) is 68.5 Å². The number of hydrogen-bond donors (Lipinski definition) is 1. The van der Waals surface area contributed by atoms with E-state index in [0.717, 1.165) is 11.3 Å². The number of nitrogens with zero attached hydrogens (tertiary/aromatic N) is 3. The molecule has 1 amide bonds. The lowest BCUT2D eigenvalue weighted by molar-refractivity contribution is 0.171. The van der Waals surface area contributed by atoms with Gasteiger partial charge >= 0.3 is 6.09 Å². The average Bonchev–Trinajstić information content (AvgIpc) is 2.93. The summed E-state index contributed by atoms with van der Waals surface area (Å²) < 4.78 is 6.28. The maximum Gasteiger partial charge on any atom is 0.427 e. The molecular weight excluding hydrogens is 232 g/mol. The minimum Gasteiger partial charge on any atom is -0.452 e. The zero-order chi connectivity index (χ0) is 12.8. The van der Waals surface area contributed by atoms with Crippen molar-refractivity contribution < 1.29 is 9.53 Å². The van der Waals surface area contributed by atoms with Crippen molar-refractivity contribution in [2.45, 2.75) is 0 Å². The van der Waals surface area contributed by atoms with Crippen molar-refractivity contribution in [1.82, 2.24) is 15.0 Å². The van der Waals surface area contributed by atoms with Gasteiger partial charge in [-0.15, -0.1) is 0 Å². The Morgan fingerprint density at radius 2 is 2.22 bits per heavy atom. The van der Waals surface area contributed by atoms with E-state index in [0.29, 0.717) is 0 Å². The van der Waals surface area contributed by atoms with Gasteiger partial charge in [0.05, 0.1) is 19.7 Å². The number of hydrazone groups is 1. The van der Waals surface area contributed by atoms with Crippen molar-refractivity contribution in [2.75, 3.05) is 7.11 Å². The number of imidazole rings is 1. The summed E-state index contributed by atoms with van der Waals surface area (Å²) in [7, 11) is 1.28. The molecular formula is C12H12N4O2. The lowest BCUT2D eigenvalue weighted by atomic mass is 10.2. The highest BCUT2D eigenvalue weighted by molar-refractivity contribution is 5.81. The third-order valence-electron chi connectivity index (χ3n) is 2.25. The van der Waals surface area contributed by atoms with Crippen LogP contribution in [-0.4, -0.2) is 29.0 Å². The Balaban J connectivity index is 2.02. The number of aromatic nitrogens is 2. The molecule has 0 saturated carbocycles. The lowest BCUT2D eigenvalue weighted by Crippen LogP contribution is -2.16. The number of amides is 1. The van der Waals surface area contributed by atoms with E-state index >= 15 is 0 Å². The molecule has 0 unspecified atom stereocenters. The summed E-state index contributed by atoms with van der Waals surface area (Å²) in [5, 5.41) is 3.74. The molecule has 2 aromatic rings. The lowest BCUT2D eigenvalue weighted by Gasteiger charge is -2.01. The number of carbonyl (C=O) groups excluding carboxylic acids is 1. The van der Waals surface area contributed by atoms with Crippen LogP contribution in [0.4, 0.5) is 4.79 Å². The summed E-state index contributed by atoms with van der Waals surface area (Å²) in [5.74, 6) is 0. The van der Waals surface area contributed by atoms with Crippen molar-refractivity contribution in [3.05, 3.63) is 48.5 Å². The Bertz CT molecular complexity index is 532. The number of hydrogen-bond acceptors (Lipinski definition) is 4. The van der Waals surface area contributed by atoms with Crippen LogP contribution in [0.3, 0.4) is 0 Å². The first-order chi connectivity index (χ1) is 8.79. The molecule has 1 heterocycles. The minimum absolute atomic E-state index is 0.596. The molecule has 2 rings (SSSR count). The van der Waals surface area contributed by atoms with Gasteiger partial charge in [-0.25, -0.2) is 15.2 Å². The summed E-state index contributed by atoms with van der Waals surface area (Å²) in [5.41, 5.74) is 4.09. The van der Waals surface area contributed by atoms with E-state index < -0.39 is 6.09 Å². The number of carbonyl (C=O) groups is 1. The highest BCUT2D eigenvalue weighted by atomic mass is 16.5. The Hall–Kier alpha value is -2.63. The van der Waals surface area contributed by atoms with Crippen LogP contribution < -0.4 is 5.43 Å². The minimum atomic E-state index is -0.596. The largest absolute Gasteiger partial charge is 0.452 e. The number of methoxy groups -OCH3 is 1. The maximum absolute atomic E-state index is 10.8. The highest BCUT2D eigenvalue weighted by Crippen LogP contribution is 2.07. The van der Waals surface area contributed by atoms with Crippen molar-refractivity contribution in [3.63, 3.8) is 0 Å². The maximum atomic E-state index is 10.8. The fourth-order valence-electron chi connectivity index (χ4n) is 1.35. The average molecular weight is 244 g/mol. The van der Waals surface area contributed by atoms with Gasteiger partial charge in [-0.2, -0.15) is 5.10 Å². The van der Waals surface area contributed by atoms with E-state index in [2.05, 4.69) is 20.2 Å². The quantitative estimate of drug-likeness (QED) is 0.658. The Labute approximate surface area is 104 Å². The van der Waals surface area contributed by atoms with Crippen LogP contribution in [0.25, 0.3) is 5.69 Å². The van der Waals surface area contributed by atoms with Gasteiger partial charge in [0.1, 0.15) is 0 Å². The second-order valence-electron chi connectivity index (χ2n) is 3.42. The van der Waals surface area contributed by atoms with E-state index in [1.54, 1.807) is 12.5 Å². The molecule has 92 valence electrons. The second kappa shape index (κ2) is 5.62. The third-order valence-corrected chi connectivity index (χ3v) is 2.25. The molecule has 1 N–H and O–H groups in total. The second-order valence-corrected chi connectivity index (χ2v) is 3.42. The normalized spacial score (nSPS) is 10.5. The summed E-state index contributed by atoms with van der Waals surface area (Å²) in [6.45, 7) is 0. The SMILES string of the molecule is COC(=O)N/N=C/c1ccc(-n2ccnc2)cc1. The van der Waals surface area contributed by atoms with E-state index in [4.69, 9.17) is 0 Å². The van der Waals surface area contributed by atoms with Crippen LogP contribution in [0.1, 0.15) is 5.56 Å². The Kier molecular flexibility index (Phi) is 3.70. The Morgan fingerprint density at radius 1 is 1.44 bits per heavy atom. The zero-order valence-electron chi connectivity index (χ0n) is 9.78. The molecule has 1 aromatic carbocycles. The molecule has 1 aromatic heterocycles. The van der Waals surface area contributed by atoms with Gasteiger partial charge in [0, 0.05) is 18.1 Å². The number of nitrogens with one attached hydrogen (secondary N) is 1. The predicted octanol–water partition coefficient (Wildman–Crippen LogP) is 1.56. The highest BCUT2D eigenvalue weighted by Gasteiger charge is 1.96. The van der Waals surface area contributed by atoms with Crippen molar-refractivity contribution in [3.8, 4) is 5.69 Å². The van der Waals surface area contributed by atoms with Gasteiger partial charge in [0.15, 0.2) is 0 Å². The third kappa shape index (κ3) is 2.94. The Morgan fingerprint density at radius 3 is 2.83 bits per heavy atom. The van der Waals surface area contributed by atoms with Crippen LogP contribution in [0, 0.1) is 0 Å². The van der Waals surface area contributed by atoms with Gasteiger partial charge in [0.25, 0.3) is 0 Å². The van der Waals surface area contributed by atoms with Gasteiger partial charge in [0.2, 0.25) is 0 Å². The summed E-state index contributed by atoms with van der Waals surface area (Å²) in [6.07, 6.45) is 6.25. The van der Waals surface area contributed by atoms with Crippen LogP contribution in [0.5, 0.6) is 0 Å². The summed E-state index contributed by atoms with van der Waals surface area (Å²) in [4.78, 5) is 14.7. The van der Waals surface area contributed by atoms with Crippen molar-refractivity contribution in [2.24, 2.45) is 5.10 Å². The molecule has 6 nitrogen and oxygen atoms in total. The van der Waals surface area contributed by atoms with E-state index in [1.807, 2.05) is 35.0 Å². The van der Waals surface area contributed by atoms with Gasteiger partial charge in [-0.1, -0.05) is 12.1 Å². The molecule has 0 spiro atoms. The summed E-state index contributed by atoms with van der Waals surface area (Å²) in [6, 6.07) is 7.64. The predicted molar refractivity (Wildman–Crippen MR) is 66.7 cm³/mol. The standard InChI is InChI=1S/C12H12N4O2/c1-18-12(17)15-14-8-10-2-4-11(5-3-10)16-7-6-13-9-16/h2-9H,1H3,(H,15,17)/b14-8+. The zero-order valence-corrected chi connectivity index (χ0v) is 9.78. The first-order valence-corrected chi connectivity index (χ1v) is 5.25. The monoisotopic (exact) mass is 244 g/mol. The molecule has 0 aliphatic carbocycles. The number of benzene rings is 1. The molecule has 0 saturated heterocycles. The first-order valence-electron chi connectivity index (χ1n) is 5.25. The smallest absolute Gasteiger partial charge is 0.427 e. The van der Waals surface area contributed by atoms with E-state index in [9.17, 15) is 4.79 Å². The molecule has 0 bridgehead atoms. The van der Waals surface area contributed by atoms with Crippen molar-refractivity contribution >= 4 is 12.3 Å². The van der Waals surface area contributed by atoms with Crippen molar-refractivity contribution in [1.29, 1.82) is 0 Å². The molecule has 6 heteroatoms. The molecule has 0 aliphatic rings. The molecule has 18 heavy (non-hydrogen) atoms. The molecule has 0 aliphatic heterocycles. The first kappa shape index (κ1) is 11.8. The fraction of sp³-hybridized carbons (Fsp3) is 0.0833. The number of rotatable bonds is 3. The van der Waals surface area contributed by atoms with Crippen LogP contribution in [0.2, 0.25) is 0 Å². The fourth-order valence-corrected chi connectivity index (χ4v) is 1.35. The van der Waals surface area contributed by atoms with Crippen LogP contribution in [-0.2, 0) is 4.74 Å². The van der Waals surface area contributed by atoms with Crippen LogP contribution >= 0.6 is 0 Å². The van der Waals surface area contributed by atoms with Crippen LogP contribution in [0.15, 0.2) is 48.1 Å². The molecule has 0 fully saturated rings.